The van der Waals surface area contributed by atoms with Crippen molar-refractivity contribution in [2.75, 3.05) is 19.8 Å². The number of hydrogen-bond acceptors (Lipinski definition) is 4. The van der Waals surface area contributed by atoms with Crippen molar-refractivity contribution in [3.8, 4) is 0 Å². The lowest BCUT2D eigenvalue weighted by Crippen LogP contribution is -2.42. The predicted octanol–water partition coefficient (Wildman–Crippen LogP) is 5.81. The molecule has 5 heteroatoms. The van der Waals surface area contributed by atoms with Crippen molar-refractivity contribution < 1.29 is 18.7 Å². The summed E-state index contributed by atoms with van der Waals surface area (Å²) in [6, 6.07) is 10.4. The topological polar surface area (TPSA) is 44.8 Å². The molecule has 1 heterocycles. The van der Waals surface area contributed by atoms with Crippen molar-refractivity contribution in [1.29, 1.82) is 0 Å². The van der Waals surface area contributed by atoms with E-state index in [0.717, 1.165) is 25.7 Å². The fourth-order valence-corrected chi connectivity index (χ4v) is 4.17. The van der Waals surface area contributed by atoms with Gasteiger partial charge >= 0.3 is 5.97 Å². The van der Waals surface area contributed by atoms with Crippen LogP contribution in [-0.2, 0) is 18.7 Å². The van der Waals surface area contributed by atoms with Crippen LogP contribution in [-0.4, -0.2) is 34.1 Å². The van der Waals surface area contributed by atoms with Crippen LogP contribution in [0.1, 0.15) is 58.1 Å². The lowest BCUT2D eigenvalue weighted by Gasteiger charge is -2.39. The van der Waals surface area contributed by atoms with E-state index in [9.17, 15) is 4.79 Å². The Morgan fingerprint density at radius 1 is 1.14 bits per heavy atom. The molecule has 0 aromatic heterocycles. The fraction of sp³-hybridized carbons (Fsp3) is 0.609. The van der Waals surface area contributed by atoms with Gasteiger partial charge in [-0.2, -0.15) is 0 Å². The highest BCUT2D eigenvalue weighted by Gasteiger charge is 2.39. The Hall–Kier alpha value is -1.43. The fourth-order valence-electron chi connectivity index (χ4n) is 2.91. The van der Waals surface area contributed by atoms with E-state index in [1.807, 2.05) is 6.07 Å². The molecule has 0 saturated carbocycles. The number of carbonyl (C=O) groups is 1. The number of hydrogen-bond donors (Lipinski definition) is 0. The summed E-state index contributed by atoms with van der Waals surface area (Å²) < 4.78 is 17.6. The van der Waals surface area contributed by atoms with E-state index in [4.69, 9.17) is 13.9 Å². The van der Waals surface area contributed by atoms with Gasteiger partial charge in [0.05, 0.1) is 19.3 Å². The molecule has 156 valence electrons. The second-order valence-corrected chi connectivity index (χ2v) is 13.8. The zero-order valence-electron chi connectivity index (χ0n) is 18.1. The molecule has 0 bridgehead atoms. The van der Waals surface area contributed by atoms with E-state index in [1.54, 1.807) is 6.08 Å². The summed E-state index contributed by atoms with van der Waals surface area (Å²) in [6.45, 7) is 13.2. The highest BCUT2D eigenvalue weighted by molar-refractivity contribution is 6.74. The molecule has 0 amide bonds. The quantitative estimate of drug-likeness (QED) is 0.280. The standard InChI is InChI=1S/C23H36O4Si/c1-23(2,3)28(4,5)27-21(20-12-7-6-8-13-20)18-25-15-10-9-11-19-14-16-26-22(24)17-19/h6-8,12-13,17,21H,9-11,14-16,18H2,1-5H3. The summed E-state index contributed by atoms with van der Waals surface area (Å²) in [5, 5.41) is 0.162. The maximum Gasteiger partial charge on any atom is 0.330 e. The van der Waals surface area contributed by atoms with Gasteiger partial charge in [-0.3, -0.25) is 0 Å². The molecule has 28 heavy (non-hydrogen) atoms. The van der Waals surface area contributed by atoms with Gasteiger partial charge in [0.1, 0.15) is 0 Å². The highest BCUT2D eigenvalue weighted by atomic mass is 28.4. The van der Waals surface area contributed by atoms with Crippen molar-refractivity contribution in [2.45, 2.75) is 70.7 Å². The first-order chi connectivity index (χ1) is 13.2. The molecule has 0 spiro atoms. The second kappa shape index (κ2) is 10.4. The number of carbonyl (C=O) groups excluding carboxylic acids is 1. The lowest BCUT2D eigenvalue weighted by molar-refractivity contribution is -0.138. The molecule has 1 aliphatic rings. The molecule has 1 atom stereocenters. The summed E-state index contributed by atoms with van der Waals surface area (Å²) in [7, 11) is -1.89. The number of benzene rings is 1. The van der Waals surface area contributed by atoms with Crippen LogP contribution in [0.15, 0.2) is 42.0 Å². The number of cyclic esters (lactones) is 1. The lowest BCUT2D eigenvalue weighted by atomic mass is 10.0. The normalized spacial score (nSPS) is 16.5. The zero-order chi connectivity index (χ0) is 20.6. The average Bonchev–Trinajstić information content (AvgIpc) is 2.63. The average molecular weight is 405 g/mol. The van der Waals surface area contributed by atoms with Gasteiger partial charge < -0.3 is 13.9 Å². The van der Waals surface area contributed by atoms with Crippen molar-refractivity contribution in [1.82, 2.24) is 0 Å². The molecule has 4 nitrogen and oxygen atoms in total. The van der Waals surface area contributed by atoms with Crippen LogP contribution in [0, 0.1) is 0 Å². The van der Waals surface area contributed by atoms with Gasteiger partial charge in [0.25, 0.3) is 0 Å². The SMILES string of the molecule is CC(C)(C)[Si](C)(C)OC(COCCCCC1=CC(=O)OCC1)c1ccccc1. The van der Waals surface area contributed by atoms with E-state index < -0.39 is 8.32 Å². The van der Waals surface area contributed by atoms with E-state index in [0.29, 0.717) is 19.8 Å². The Balaban J connectivity index is 1.81. The summed E-state index contributed by atoms with van der Waals surface area (Å²) in [5.41, 5.74) is 2.37. The second-order valence-electron chi connectivity index (χ2n) is 9.03. The molecule has 1 unspecified atom stereocenters. The first-order valence-electron chi connectivity index (χ1n) is 10.4. The molecule has 1 aliphatic heterocycles. The van der Waals surface area contributed by atoms with Crippen LogP contribution in [0.4, 0.5) is 0 Å². The van der Waals surface area contributed by atoms with Gasteiger partial charge in [0.2, 0.25) is 0 Å². The largest absolute Gasteiger partial charge is 0.462 e. The maximum atomic E-state index is 11.3. The Morgan fingerprint density at radius 3 is 2.50 bits per heavy atom. The maximum absolute atomic E-state index is 11.3. The third-order valence-electron chi connectivity index (χ3n) is 5.71. The van der Waals surface area contributed by atoms with Gasteiger partial charge in [-0.15, -0.1) is 0 Å². The van der Waals surface area contributed by atoms with Crippen LogP contribution in [0.25, 0.3) is 0 Å². The van der Waals surface area contributed by atoms with Crippen molar-refractivity contribution in [3.63, 3.8) is 0 Å². The third kappa shape index (κ3) is 7.19. The first-order valence-corrected chi connectivity index (χ1v) is 13.3. The summed E-state index contributed by atoms with van der Waals surface area (Å²) >= 11 is 0. The first kappa shape index (κ1) is 22.9. The van der Waals surface area contributed by atoms with Gasteiger partial charge in [-0.05, 0) is 43.0 Å². The molecule has 1 aromatic rings. The Labute approximate surface area is 171 Å². The van der Waals surface area contributed by atoms with Crippen LogP contribution in [0.3, 0.4) is 0 Å². The molecule has 0 N–H and O–H groups in total. The van der Waals surface area contributed by atoms with Crippen molar-refractivity contribution in [2.24, 2.45) is 0 Å². The van der Waals surface area contributed by atoms with Crippen LogP contribution in [0.2, 0.25) is 18.1 Å². The molecule has 2 rings (SSSR count). The van der Waals surface area contributed by atoms with E-state index in [-0.39, 0.29) is 17.1 Å². The van der Waals surface area contributed by atoms with Crippen LogP contribution < -0.4 is 0 Å². The summed E-state index contributed by atoms with van der Waals surface area (Å²) in [6.07, 6.45) is 5.43. The van der Waals surface area contributed by atoms with E-state index >= 15 is 0 Å². The number of unbranched alkanes of at least 4 members (excludes halogenated alkanes) is 1. The number of esters is 1. The smallest absolute Gasteiger partial charge is 0.330 e. The Morgan fingerprint density at radius 2 is 1.86 bits per heavy atom. The minimum Gasteiger partial charge on any atom is -0.462 e. The minimum absolute atomic E-state index is 0.0297. The molecular formula is C23H36O4Si. The Kier molecular flexibility index (Phi) is 8.47. The molecule has 0 fully saturated rings. The van der Waals surface area contributed by atoms with E-state index in [1.165, 1.54) is 11.1 Å². The highest BCUT2D eigenvalue weighted by Crippen LogP contribution is 2.39. The summed E-state index contributed by atoms with van der Waals surface area (Å²) in [4.78, 5) is 11.3. The van der Waals surface area contributed by atoms with Gasteiger partial charge in [-0.1, -0.05) is 56.7 Å². The van der Waals surface area contributed by atoms with Gasteiger partial charge in [-0.25, -0.2) is 4.79 Å². The van der Waals surface area contributed by atoms with Crippen molar-refractivity contribution in [3.05, 3.63) is 47.5 Å². The Bertz CT molecular complexity index is 646. The number of ether oxygens (including phenoxy) is 2. The molecular weight excluding hydrogens is 368 g/mol. The molecule has 0 aliphatic carbocycles. The predicted molar refractivity (Wildman–Crippen MR) is 116 cm³/mol. The summed E-state index contributed by atoms with van der Waals surface area (Å²) in [5.74, 6) is -0.203. The van der Waals surface area contributed by atoms with Gasteiger partial charge in [0, 0.05) is 19.1 Å². The monoisotopic (exact) mass is 404 g/mol. The van der Waals surface area contributed by atoms with Crippen LogP contribution in [0.5, 0.6) is 0 Å². The minimum atomic E-state index is -1.89. The molecule has 1 aromatic carbocycles. The molecule has 0 saturated heterocycles. The van der Waals surface area contributed by atoms with Gasteiger partial charge in [0.15, 0.2) is 8.32 Å². The number of rotatable bonds is 10. The molecule has 0 radical (unpaired) electrons. The van der Waals surface area contributed by atoms with Crippen molar-refractivity contribution >= 4 is 14.3 Å². The van der Waals surface area contributed by atoms with Crippen LogP contribution >= 0.6 is 0 Å². The zero-order valence-corrected chi connectivity index (χ0v) is 19.1. The van der Waals surface area contributed by atoms with E-state index in [2.05, 4.69) is 58.1 Å². The third-order valence-corrected chi connectivity index (χ3v) is 10.2.